The maximum absolute atomic E-state index is 12.7. The Kier molecular flexibility index (Phi) is 5.21. The lowest BCUT2D eigenvalue weighted by Crippen LogP contribution is -2.27. The second-order valence-electron chi connectivity index (χ2n) is 6.68. The number of aromatic nitrogens is 2. The van der Waals surface area contributed by atoms with Gasteiger partial charge in [-0.05, 0) is 35.7 Å². The van der Waals surface area contributed by atoms with Gasteiger partial charge in [-0.3, -0.25) is 4.79 Å². The normalized spacial score (nSPS) is 12.9. The number of fused-ring (bicyclic) bond motifs is 1. The lowest BCUT2D eigenvalue weighted by Gasteiger charge is -2.19. The number of nitrogens with zero attached hydrogens (tertiary/aromatic N) is 2. The molecule has 0 saturated heterocycles. The molecule has 0 aliphatic rings. The van der Waals surface area contributed by atoms with Crippen molar-refractivity contribution in [1.29, 1.82) is 0 Å². The molecule has 0 aliphatic carbocycles. The maximum Gasteiger partial charge on any atom is 0.416 e. The van der Waals surface area contributed by atoms with Gasteiger partial charge in [-0.1, -0.05) is 31.2 Å². The van der Waals surface area contributed by atoms with Crippen molar-refractivity contribution in [1.82, 2.24) is 14.9 Å². The molecule has 1 N–H and O–H groups in total. The number of alkyl halides is 3. The summed E-state index contributed by atoms with van der Waals surface area (Å²) >= 11 is 0. The van der Waals surface area contributed by atoms with Crippen LogP contribution in [-0.4, -0.2) is 27.8 Å². The van der Waals surface area contributed by atoms with E-state index in [1.807, 2.05) is 31.2 Å². The minimum atomic E-state index is -4.36. The molecule has 7 heteroatoms. The molecule has 1 amide bonds. The molecule has 142 valence electrons. The quantitative estimate of drug-likeness (QED) is 0.701. The fourth-order valence-electron chi connectivity index (χ4n) is 2.93. The number of carbonyl (C=O) groups excluding carboxylic acids is 1. The van der Waals surface area contributed by atoms with E-state index in [0.29, 0.717) is 17.9 Å². The van der Waals surface area contributed by atoms with E-state index in [1.165, 1.54) is 12.1 Å². The van der Waals surface area contributed by atoms with Gasteiger partial charge in [0.05, 0.1) is 23.1 Å². The highest BCUT2D eigenvalue weighted by molar-refractivity contribution is 5.77. The van der Waals surface area contributed by atoms with Crippen LogP contribution in [0.1, 0.15) is 36.2 Å². The molecule has 0 aliphatic heterocycles. The maximum atomic E-state index is 12.7. The summed E-state index contributed by atoms with van der Waals surface area (Å²) in [7, 11) is 1.69. The van der Waals surface area contributed by atoms with Gasteiger partial charge in [0, 0.05) is 13.5 Å². The molecule has 0 fully saturated rings. The topological polar surface area (TPSA) is 49.0 Å². The summed E-state index contributed by atoms with van der Waals surface area (Å²) in [5.41, 5.74) is 1.76. The molecule has 0 saturated carbocycles. The van der Waals surface area contributed by atoms with Gasteiger partial charge in [-0.25, -0.2) is 4.98 Å². The molecular weight excluding hydrogens is 355 g/mol. The molecule has 1 atom stereocenters. The van der Waals surface area contributed by atoms with E-state index in [-0.39, 0.29) is 18.2 Å². The number of benzene rings is 2. The smallest absolute Gasteiger partial charge is 0.340 e. The van der Waals surface area contributed by atoms with Crippen LogP contribution < -0.4 is 0 Å². The number of halogens is 3. The molecule has 2 aromatic carbocycles. The van der Waals surface area contributed by atoms with E-state index < -0.39 is 11.7 Å². The Balaban J connectivity index is 1.61. The zero-order valence-electron chi connectivity index (χ0n) is 15.0. The fraction of sp³-hybridized carbons (Fsp3) is 0.300. The number of H-pyrrole nitrogens is 1. The number of amides is 1. The van der Waals surface area contributed by atoms with Gasteiger partial charge in [0.25, 0.3) is 0 Å². The van der Waals surface area contributed by atoms with Crippen molar-refractivity contribution in [2.75, 3.05) is 7.05 Å². The summed E-state index contributed by atoms with van der Waals surface area (Å²) in [5, 5.41) is 0. The number of imidazole rings is 1. The highest BCUT2D eigenvalue weighted by Crippen LogP contribution is 2.30. The number of nitrogens with one attached hydrogen (secondary N) is 1. The average molecular weight is 375 g/mol. The third-order valence-corrected chi connectivity index (χ3v) is 4.54. The predicted molar refractivity (Wildman–Crippen MR) is 97.0 cm³/mol. The predicted octanol–water partition coefficient (Wildman–Crippen LogP) is 4.73. The molecule has 3 rings (SSSR count). The first-order valence-electron chi connectivity index (χ1n) is 8.59. The monoisotopic (exact) mass is 375 g/mol. The standard InChI is InChI=1S/C20H20F3N3O/c1-13(14-7-9-15(10-8-14)20(21,22)23)11-19(27)26(2)12-18-24-16-5-3-4-6-17(16)25-18/h3-10,13H,11-12H2,1-2H3,(H,24,25). The van der Waals surface area contributed by atoms with Crippen molar-refractivity contribution in [3.05, 3.63) is 65.5 Å². The largest absolute Gasteiger partial charge is 0.416 e. The number of para-hydroxylation sites is 2. The van der Waals surface area contributed by atoms with Crippen molar-refractivity contribution >= 4 is 16.9 Å². The van der Waals surface area contributed by atoms with Crippen molar-refractivity contribution < 1.29 is 18.0 Å². The third kappa shape index (κ3) is 4.48. The first-order chi connectivity index (χ1) is 12.7. The molecule has 1 unspecified atom stereocenters. The zero-order valence-corrected chi connectivity index (χ0v) is 15.0. The second-order valence-corrected chi connectivity index (χ2v) is 6.68. The summed E-state index contributed by atoms with van der Waals surface area (Å²) in [6.07, 6.45) is -4.15. The molecule has 4 nitrogen and oxygen atoms in total. The Morgan fingerprint density at radius 2 is 1.81 bits per heavy atom. The third-order valence-electron chi connectivity index (χ3n) is 4.54. The molecule has 1 aromatic heterocycles. The number of rotatable bonds is 5. The van der Waals surface area contributed by atoms with E-state index in [1.54, 1.807) is 11.9 Å². The van der Waals surface area contributed by atoms with E-state index in [9.17, 15) is 18.0 Å². The molecular formula is C20H20F3N3O. The first-order valence-corrected chi connectivity index (χ1v) is 8.59. The SMILES string of the molecule is CC(CC(=O)N(C)Cc1nc2ccccc2[nH]1)c1ccc(C(F)(F)F)cc1. The van der Waals surface area contributed by atoms with E-state index >= 15 is 0 Å². The molecule has 1 heterocycles. The lowest BCUT2D eigenvalue weighted by atomic mass is 9.96. The second kappa shape index (κ2) is 7.42. The summed E-state index contributed by atoms with van der Waals surface area (Å²) in [6, 6.07) is 12.6. The molecule has 0 bridgehead atoms. The van der Waals surface area contributed by atoms with Crippen molar-refractivity contribution in [3.63, 3.8) is 0 Å². The van der Waals surface area contributed by atoms with Gasteiger partial charge in [-0.15, -0.1) is 0 Å². The minimum Gasteiger partial charge on any atom is -0.340 e. The lowest BCUT2D eigenvalue weighted by molar-refractivity contribution is -0.137. The van der Waals surface area contributed by atoms with Gasteiger partial charge < -0.3 is 9.88 Å². The van der Waals surface area contributed by atoms with E-state index in [2.05, 4.69) is 9.97 Å². The van der Waals surface area contributed by atoms with Gasteiger partial charge in [0.15, 0.2) is 0 Å². The van der Waals surface area contributed by atoms with E-state index in [0.717, 1.165) is 23.2 Å². The van der Waals surface area contributed by atoms with Gasteiger partial charge >= 0.3 is 6.18 Å². The Hall–Kier alpha value is -2.83. The van der Waals surface area contributed by atoms with Crippen LogP contribution in [-0.2, 0) is 17.5 Å². The van der Waals surface area contributed by atoms with Gasteiger partial charge in [-0.2, -0.15) is 13.2 Å². The summed E-state index contributed by atoms with van der Waals surface area (Å²) in [4.78, 5) is 21.7. The molecule has 27 heavy (non-hydrogen) atoms. The first kappa shape index (κ1) is 18.9. The summed E-state index contributed by atoms with van der Waals surface area (Å²) < 4.78 is 38.0. The Morgan fingerprint density at radius 3 is 2.44 bits per heavy atom. The van der Waals surface area contributed by atoms with Crippen LogP contribution in [0.25, 0.3) is 11.0 Å². The molecule has 0 spiro atoms. The Labute approximate surface area is 155 Å². The van der Waals surface area contributed by atoms with Crippen LogP contribution in [0.4, 0.5) is 13.2 Å². The Morgan fingerprint density at radius 1 is 1.15 bits per heavy atom. The van der Waals surface area contributed by atoms with E-state index in [4.69, 9.17) is 0 Å². The summed E-state index contributed by atoms with van der Waals surface area (Å²) in [5.74, 6) is 0.412. The van der Waals surface area contributed by atoms with Crippen molar-refractivity contribution in [2.45, 2.75) is 32.0 Å². The average Bonchev–Trinajstić information content (AvgIpc) is 3.03. The zero-order chi connectivity index (χ0) is 19.6. The van der Waals surface area contributed by atoms with Crippen LogP contribution in [0.5, 0.6) is 0 Å². The fourth-order valence-corrected chi connectivity index (χ4v) is 2.93. The van der Waals surface area contributed by atoms with Crippen LogP contribution in [0.2, 0.25) is 0 Å². The molecule has 3 aromatic rings. The minimum absolute atomic E-state index is 0.0946. The van der Waals surface area contributed by atoms with Crippen LogP contribution in [0, 0.1) is 0 Å². The van der Waals surface area contributed by atoms with Crippen LogP contribution in [0.3, 0.4) is 0 Å². The number of hydrogen-bond donors (Lipinski definition) is 1. The summed E-state index contributed by atoms with van der Waals surface area (Å²) in [6.45, 7) is 2.17. The van der Waals surface area contributed by atoms with Crippen molar-refractivity contribution in [3.8, 4) is 0 Å². The van der Waals surface area contributed by atoms with Crippen LogP contribution >= 0.6 is 0 Å². The van der Waals surface area contributed by atoms with Crippen molar-refractivity contribution in [2.24, 2.45) is 0 Å². The van der Waals surface area contributed by atoms with Crippen LogP contribution in [0.15, 0.2) is 48.5 Å². The number of carbonyl (C=O) groups is 1. The number of hydrogen-bond acceptors (Lipinski definition) is 2. The Bertz CT molecular complexity index is 899. The number of aromatic amines is 1. The highest BCUT2D eigenvalue weighted by atomic mass is 19.4. The van der Waals surface area contributed by atoms with Gasteiger partial charge in [0.2, 0.25) is 5.91 Å². The highest BCUT2D eigenvalue weighted by Gasteiger charge is 2.30. The van der Waals surface area contributed by atoms with Gasteiger partial charge in [0.1, 0.15) is 5.82 Å². The molecule has 0 radical (unpaired) electrons.